The number of imidazole rings is 1. The number of phenolic OH excluding ortho intramolecular Hbond substituents is 1. The Morgan fingerprint density at radius 3 is 2.70 bits per heavy atom. The molecule has 0 amide bonds. The fourth-order valence-corrected chi connectivity index (χ4v) is 3.21. The highest BCUT2D eigenvalue weighted by molar-refractivity contribution is 6.33. The van der Waals surface area contributed by atoms with E-state index in [1.165, 1.54) is 19.0 Å². The molecule has 136 valence electrons. The summed E-state index contributed by atoms with van der Waals surface area (Å²) in [4.78, 5) is 13.1. The number of hydrogen-bond donors (Lipinski definition) is 1. The number of benzene rings is 2. The van der Waals surface area contributed by atoms with Crippen molar-refractivity contribution in [2.45, 2.75) is 13.0 Å². The van der Waals surface area contributed by atoms with Gasteiger partial charge in [-0.15, -0.1) is 0 Å². The first-order valence-electron chi connectivity index (χ1n) is 8.45. The van der Waals surface area contributed by atoms with Crippen LogP contribution in [0.3, 0.4) is 0 Å². The maximum atomic E-state index is 9.89. The summed E-state index contributed by atoms with van der Waals surface area (Å²) in [6.45, 7) is 0.673. The molecular weight excluding hydrogens is 364 g/mol. The van der Waals surface area contributed by atoms with Gasteiger partial charge in [0.1, 0.15) is 17.7 Å². The average Bonchev–Trinajstić information content (AvgIpc) is 3.07. The van der Waals surface area contributed by atoms with Crippen LogP contribution in [0, 0.1) is 0 Å². The summed E-state index contributed by atoms with van der Waals surface area (Å²) in [6, 6.07) is 15.3. The fourth-order valence-electron chi connectivity index (χ4n) is 3.04. The maximum Gasteiger partial charge on any atom is 0.165 e. The van der Waals surface area contributed by atoms with Crippen molar-refractivity contribution < 1.29 is 9.84 Å². The minimum Gasteiger partial charge on any atom is -0.504 e. The molecule has 4 aromatic rings. The van der Waals surface area contributed by atoms with E-state index in [2.05, 4.69) is 27.1 Å². The summed E-state index contributed by atoms with van der Waals surface area (Å²) in [5.74, 6) is 1.15. The fraction of sp³-hybridized carbons (Fsp3) is 0.150. The van der Waals surface area contributed by atoms with Crippen LogP contribution in [0.25, 0.3) is 22.6 Å². The summed E-state index contributed by atoms with van der Waals surface area (Å²) >= 11 is 6.24. The van der Waals surface area contributed by atoms with Gasteiger partial charge in [0, 0.05) is 12.1 Å². The summed E-state index contributed by atoms with van der Waals surface area (Å²) in [7, 11) is 1.51. The molecule has 0 unspecified atom stereocenters. The molecule has 0 radical (unpaired) electrons. The lowest BCUT2D eigenvalue weighted by Gasteiger charge is -2.10. The second kappa shape index (κ2) is 7.25. The number of rotatable bonds is 5. The molecule has 0 aliphatic carbocycles. The number of ether oxygens (including phenoxy) is 1. The van der Waals surface area contributed by atoms with Crippen molar-refractivity contribution in [1.29, 1.82) is 0 Å². The Hall–Kier alpha value is -3.12. The number of phenols is 1. The second-order valence-corrected chi connectivity index (χ2v) is 6.40. The van der Waals surface area contributed by atoms with Crippen molar-refractivity contribution in [2.75, 3.05) is 7.11 Å². The second-order valence-electron chi connectivity index (χ2n) is 6.05. The monoisotopic (exact) mass is 380 g/mol. The van der Waals surface area contributed by atoms with Crippen LogP contribution in [0.1, 0.15) is 5.56 Å². The van der Waals surface area contributed by atoms with Crippen molar-refractivity contribution >= 4 is 22.8 Å². The van der Waals surface area contributed by atoms with Crippen LogP contribution in [0.4, 0.5) is 0 Å². The topological polar surface area (TPSA) is 73.1 Å². The molecule has 2 heterocycles. The van der Waals surface area contributed by atoms with Gasteiger partial charge in [0.15, 0.2) is 22.3 Å². The molecule has 1 N–H and O–H groups in total. The first-order valence-corrected chi connectivity index (χ1v) is 8.83. The molecule has 0 fully saturated rings. The van der Waals surface area contributed by atoms with Crippen molar-refractivity contribution in [1.82, 2.24) is 19.5 Å². The summed E-state index contributed by atoms with van der Waals surface area (Å²) in [5, 5.41) is 10.2. The van der Waals surface area contributed by atoms with E-state index in [-0.39, 0.29) is 5.75 Å². The minimum absolute atomic E-state index is 0.0750. The molecule has 2 aromatic heterocycles. The molecule has 0 bridgehead atoms. The Bertz CT molecular complexity index is 1100. The maximum absolute atomic E-state index is 9.89. The van der Waals surface area contributed by atoms with E-state index in [1.54, 1.807) is 18.2 Å². The highest BCUT2D eigenvalue weighted by atomic mass is 35.5. The average molecular weight is 381 g/mol. The Morgan fingerprint density at radius 2 is 1.93 bits per heavy atom. The van der Waals surface area contributed by atoms with Gasteiger partial charge in [-0.2, -0.15) is 0 Å². The molecule has 4 rings (SSSR count). The number of aromatic nitrogens is 4. The molecule has 2 aromatic carbocycles. The number of nitrogens with zero attached hydrogens (tertiary/aromatic N) is 4. The van der Waals surface area contributed by atoms with Gasteiger partial charge in [-0.05, 0) is 30.2 Å². The molecule has 7 heteroatoms. The zero-order valence-corrected chi connectivity index (χ0v) is 15.4. The zero-order valence-electron chi connectivity index (χ0n) is 14.6. The first-order chi connectivity index (χ1) is 13.2. The molecule has 0 saturated carbocycles. The largest absolute Gasteiger partial charge is 0.504 e. The molecular formula is C20H17ClN4O2. The third-order valence-corrected chi connectivity index (χ3v) is 4.67. The van der Waals surface area contributed by atoms with E-state index in [0.717, 1.165) is 12.0 Å². The van der Waals surface area contributed by atoms with E-state index < -0.39 is 0 Å². The van der Waals surface area contributed by atoms with Crippen molar-refractivity contribution in [3.8, 4) is 22.9 Å². The van der Waals surface area contributed by atoms with Crippen molar-refractivity contribution in [3.05, 3.63) is 65.6 Å². The SMILES string of the molecule is COc1cc(-c2nc3c(Cl)ncnc3n2CCc2ccccc2)ccc1O. The minimum atomic E-state index is 0.0750. The van der Waals surface area contributed by atoms with Crippen LogP contribution in [0.15, 0.2) is 54.9 Å². The van der Waals surface area contributed by atoms with E-state index >= 15 is 0 Å². The normalized spacial score (nSPS) is 11.0. The van der Waals surface area contributed by atoms with Gasteiger partial charge in [-0.3, -0.25) is 0 Å². The summed E-state index contributed by atoms with van der Waals surface area (Å²) < 4.78 is 7.25. The third-order valence-electron chi connectivity index (χ3n) is 4.39. The number of aromatic hydroxyl groups is 1. The van der Waals surface area contributed by atoms with Crippen molar-refractivity contribution in [3.63, 3.8) is 0 Å². The number of halogens is 1. The molecule has 0 saturated heterocycles. The summed E-state index contributed by atoms with van der Waals surface area (Å²) in [5.41, 5.74) is 3.24. The van der Waals surface area contributed by atoms with Gasteiger partial charge in [0.2, 0.25) is 0 Å². The lowest BCUT2D eigenvalue weighted by atomic mass is 10.1. The molecule has 0 aliphatic rings. The standard InChI is InChI=1S/C20H17ClN4O2/c1-27-16-11-14(7-8-15(16)26)19-24-17-18(21)22-12-23-20(17)25(19)10-9-13-5-3-2-4-6-13/h2-8,11-12,26H,9-10H2,1H3. The number of aryl methyl sites for hydroxylation is 2. The van der Waals surface area contributed by atoms with Gasteiger partial charge in [-0.25, -0.2) is 15.0 Å². The zero-order chi connectivity index (χ0) is 18.8. The summed E-state index contributed by atoms with van der Waals surface area (Å²) in [6.07, 6.45) is 2.25. The Kier molecular flexibility index (Phi) is 4.64. The van der Waals surface area contributed by atoms with Crippen LogP contribution in [-0.2, 0) is 13.0 Å². The van der Waals surface area contributed by atoms with Crippen LogP contribution in [-0.4, -0.2) is 31.7 Å². The number of fused-ring (bicyclic) bond motifs is 1. The smallest absolute Gasteiger partial charge is 0.165 e. The van der Waals surface area contributed by atoms with Gasteiger partial charge < -0.3 is 14.4 Å². The van der Waals surface area contributed by atoms with Gasteiger partial charge in [0.05, 0.1) is 7.11 Å². The molecule has 6 nitrogen and oxygen atoms in total. The molecule has 0 spiro atoms. The van der Waals surface area contributed by atoms with Crippen LogP contribution in [0.2, 0.25) is 5.15 Å². The van der Waals surface area contributed by atoms with Gasteiger partial charge >= 0.3 is 0 Å². The first kappa shape index (κ1) is 17.3. The Labute approximate surface area is 161 Å². The number of methoxy groups -OCH3 is 1. The van der Waals surface area contributed by atoms with Crippen molar-refractivity contribution in [2.24, 2.45) is 0 Å². The van der Waals surface area contributed by atoms with E-state index in [9.17, 15) is 5.11 Å². The lowest BCUT2D eigenvalue weighted by Crippen LogP contribution is -2.05. The predicted molar refractivity (Wildman–Crippen MR) is 104 cm³/mol. The molecule has 0 atom stereocenters. The third kappa shape index (κ3) is 3.31. The van der Waals surface area contributed by atoms with Gasteiger partial charge in [0.25, 0.3) is 0 Å². The Morgan fingerprint density at radius 1 is 1.11 bits per heavy atom. The Balaban J connectivity index is 1.83. The highest BCUT2D eigenvalue weighted by Gasteiger charge is 2.17. The van der Waals surface area contributed by atoms with E-state index in [4.69, 9.17) is 16.3 Å². The predicted octanol–water partition coefficient (Wildman–Crippen LogP) is 4.10. The van der Waals surface area contributed by atoms with Gasteiger partial charge in [-0.1, -0.05) is 41.9 Å². The van der Waals surface area contributed by atoms with E-state index in [1.807, 2.05) is 22.8 Å². The van der Waals surface area contributed by atoms with E-state index in [0.29, 0.717) is 34.4 Å². The highest BCUT2D eigenvalue weighted by Crippen LogP contribution is 2.33. The quantitative estimate of drug-likeness (QED) is 0.527. The lowest BCUT2D eigenvalue weighted by molar-refractivity contribution is 0.373. The molecule has 0 aliphatic heterocycles. The number of hydrogen-bond acceptors (Lipinski definition) is 5. The van der Waals surface area contributed by atoms with Crippen LogP contribution in [0.5, 0.6) is 11.5 Å². The van der Waals surface area contributed by atoms with Crippen LogP contribution >= 0.6 is 11.6 Å². The van der Waals surface area contributed by atoms with Crippen LogP contribution < -0.4 is 4.74 Å². The molecule has 27 heavy (non-hydrogen) atoms.